The van der Waals surface area contributed by atoms with E-state index >= 15 is 0 Å². The zero-order valence-corrected chi connectivity index (χ0v) is 13.7. The summed E-state index contributed by atoms with van der Waals surface area (Å²) in [5.41, 5.74) is 0. The summed E-state index contributed by atoms with van der Waals surface area (Å²) >= 11 is 1.80. The van der Waals surface area contributed by atoms with Gasteiger partial charge in [0.15, 0.2) is 5.13 Å². The van der Waals surface area contributed by atoms with E-state index in [0.29, 0.717) is 12.0 Å². The standard InChI is InChI=1S/C14H26N4OS/c1-11-9-18(10-13(11)17(2)3)14-16-8-12(20-14)7-15-5-6-19-4/h8,11,13,15H,5-7,9-10H2,1-4H3. The molecule has 0 saturated carbocycles. The van der Waals surface area contributed by atoms with Crippen LogP contribution in [0.4, 0.5) is 5.13 Å². The molecule has 1 saturated heterocycles. The zero-order valence-electron chi connectivity index (χ0n) is 12.9. The predicted molar refractivity (Wildman–Crippen MR) is 84.5 cm³/mol. The van der Waals surface area contributed by atoms with Crippen molar-refractivity contribution >= 4 is 16.5 Å². The van der Waals surface area contributed by atoms with Gasteiger partial charge in [-0.15, -0.1) is 11.3 Å². The molecule has 1 aliphatic rings. The molecular weight excluding hydrogens is 272 g/mol. The summed E-state index contributed by atoms with van der Waals surface area (Å²) in [6, 6.07) is 0.627. The van der Waals surface area contributed by atoms with Crippen LogP contribution in [0.3, 0.4) is 0 Å². The van der Waals surface area contributed by atoms with Crippen LogP contribution >= 0.6 is 11.3 Å². The van der Waals surface area contributed by atoms with Gasteiger partial charge in [0.25, 0.3) is 0 Å². The van der Waals surface area contributed by atoms with Crippen LogP contribution in [0, 0.1) is 5.92 Å². The van der Waals surface area contributed by atoms with Crippen LogP contribution in [0.2, 0.25) is 0 Å². The largest absolute Gasteiger partial charge is 0.383 e. The van der Waals surface area contributed by atoms with Gasteiger partial charge in [-0.1, -0.05) is 6.92 Å². The second-order valence-electron chi connectivity index (χ2n) is 5.69. The first-order valence-corrected chi connectivity index (χ1v) is 7.99. The maximum Gasteiger partial charge on any atom is 0.185 e. The molecular formula is C14H26N4OS. The number of hydrogen-bond acceptors (Lipinski definition) is 6. The lowest BCUT2D eigenvalue weighted by Gasteiger charge is -2.22. The summed E-state index contributed by atoms with van der Waals surface area (Å²) in [4.78, 5) is 10.6. The highest BCUT2D eigenvalue weighted by molar-refractivity contribution is 7.15. The number of nitrogens with one attached hydrogen (secondary N) is 1. The molecule has 1 aromatic rings. The van der Waals surface area contributed by atoms with Gasteiger partial charge in [0.2, 0.25) is 0 Å². The highest BCUT2D eigenvalue weighted by Gasteiger charge is 2.32. The molecule has 2 atom stereocenters. The monoisotopic (exact) mass is 298 g/mol. The fourth-order valence-corrected chi connectivity index (χ4v) is 3.59. The summed E-state index contributed by atoms with van der Waals surface area (Å²) in [6.45, 7) is 7.02. The van der Waals surface area contributed by atoms with Crippen molar-refractivity contribution in [2.45, 2.75) is 19.5 Å². The van der Waals surface area contributed by atoms with E-state index in [-0.39, 0.29) is 0 Å². The third kappa shape index (κ3) is 3.91. The van der Waals surface area contributed by atoms with Gasteiger partial charge >= 0.3 is 0 Å². The van der Waals surface area contributed by atoms with E-state index in [1.54, 1.807) is 18.4 Å². The first-order valence-electron chi connectivity index (χ1n) is 7.17. The fraction of sp³-hybridized carbons (Fsp3) is 0.786. The van der Waals surface area contributed by atoms with E-state index in [4.69, 9.17) is 4.74 Å². The Kier molecular flexibility index (Phi) is 5.77. The van der Waals surface area contributed by atoms with Crippen LogP contribution in [-0.2, 0) is 11.3 Å². The first-order chi connectivity index (χ1) is 9.61. The molecule has 1 fully saturated rings. The molecule has 1 aromatic heterocycles. The Morgan fingerprint density at radius 2 is 2.30 bits per heavy atom. The van der Waals surface area contributed by atoms with Crippen molar-refractivity contribution < 1.29 is 4.74 Å². The molecule has 5 nitrogen and oxygen atoms in total. The van der Waals surface area contributed by atoms with Gasteiger partial charge in [-0.05, 0) is 20.0 Å². The van der Waals surface area contributed by atoms with Gasteiger partial charge in [0, 0.05) is 50.4 Å². The minimum atomic E-state index is 0.627. The Balaban J connectivity index is 1.86. The average molecular weight is 298 g/mol. The van der Waals surface area contributed by atoms with E-state index in [2.05, 4.69) is 41.1 Å². The Hall–Kier alpha value is -0.690. The zero-order chi connectivity index (χ0) is 14.5. The molecule has 0 aromatic carbocycles. The number of aromatic nitrogens is 1. The van der Waals surface area contributed by atoms with Crippen LogP contribution in [0.1, 0.15) is 11.8 Å². The number of ether oxygens (including phenoxy) is 1. The first kappa shape index (κ1) is 15.7. The molecule has 1 aliphatic heterocycles. The minimum Gasteiger partial charge on any atom is -0.383 e. The second kappa shape index (κ2) is 7.36. The van der Waals surface area contributed by atoms with Crippen molar-refractivity contribution in [3.05, 3.63) is 11.1 Å². The number of anilines is 1. The predicted octanol–water partition coefficient (Wildman–Crippen LogP) is 1.27. The quantitative estimate of drug-likeness (QED) is 0.768. The molecule has 114 valence electrons. The number of nitrogens with zero attached hydrogens (tertiary/aromatic N) is 3. The molecule has 2 rings (SSSR count). The van der Waals surface area contributed by atoms with Crippen molar-refractivity contribution in [2.24, 2.45) is 5.92 Å². The molecule has 0 radical (unpaired) electrons. The molecule has 0 amide bonds. The third-order valence-corrected chi connectivity index (χ3v) is 4.89. The highest BCUT2D eigenvalue weighted by atomic mass is 32.1. The van der Waals surface area contributed by atoms with Crippen molar-refractivity contribution in [3.63, 3.8) is 0 Å². The van der Waals surface area contributed by atoms with Gasteiger partial charge in [-0.3, -0.25) is 0 Å². The SMILES string of the molecule is COCCNCc1cnc(N2CC(C)C(N(C)C)C2)s1. The Morgan fingerprint density at radius 3 is 2.95 bits per heavy atom. The topological polar surface area (TPSA) is 40.6 Å². The van der Waals surface area contributed by atoms with Crippen LogP contribution in [0.25, 0.3) is 0 Å². The lowest BCUT2D eigenvalue weighted by Crippen LogP contribution is -2.34. The van der Waals surface area contributed by atoms with Crippen LogP contribution in [-0.4, -0.2) is 63.4 Å². The number of methoxy groups -OCH3 is 1. The van der Waals surface area contributed by atoms with Gasteiger partial charge in [-0.25, -0.2) is 4.98 Å². The number of hydrogen-bond donors (Lipinski definition) is 1. The van der Waals surface area contributed by atoms with Crippen molar-refractivity contribution in [1.29, 1.82) is 0 Å². The van der Waals surface area contributed by atoms with E-state index < -0.39 is 0 Å². The van der Waals surface area contributed by atoms with Crippen LogP contribution in [0.15, 0.2) is 6.20 Å². The molecule has 1 N–H and O–H groups in total. The highest BCUT2D eigenvalue weighted by Crippen LogP contribution is 2.29. The molecule has 0 aliphatic carbocycles. The maximum absolute atomic E-state index is 5.02. The summed E-state index contributed by atoms with van der Waals surface area (Å²) < 4.78 is 5.02. The summed E-state index contributed by atoms with van der Waals surface area (Å²) in [5.74, 6) is 0.692. The molecule has 0 bridgehead atoms. The number of likely N-dealkylation sites (N-methyl/N-ethyl adjacent to an activating group) is 1. The second-order valence-corrected chi connectivity index (χ2v) is 6.79. The Labute approximate surface area is 125 Å². The Morgan fingerprint density at radius 1 is 1.50 bits per heavy atom. The lowest BCUT2D eigenvalue weighted by molar-refractivity contribution is 0.199. The van der Waals surface area contributed by atoms with E-state index in [9.17, 15) is 0 Å². The van der Waals surface area contributed by atoms with E-state index in [1.807, 2.05) is 6.20 Å². The molecule has 2 heterocycles. The third-order valence-electron chi connectivity index (χ3n) is 3.83. The summed E-state index contributed by atoms with van der Waals surface area (Å²) in [6.07, 6.45) is 1.99. The van der Waals surface area contributed by atoms with Gasteiger partial charge in [0.1, 0.15) is 0 Å². The van der Waals surface area contributed by atoms with Crippen LogP contribution < -0.4 is 10.2 Å². The fourth-order valence-electron chi connectivity index (χ4n) is 2.69. The van der Waals surface area contributed by atoms with Crippen molar-refractivity contribution in [2.75, 3.05) is 52.3 Å². The van der Waals surface area contributed by atoms with Gasteiger partial charge in [0.05, 0.1) is 6.61 Å². The number of rotatable bonds is 7. The van der Waals surface area contributed by atoms with Crippen LogP contribution in [0.5, 0.6) is 0 Å². The number of thiazole rings is 1. The van der Waals surface area contributed by atoms with Crippen molar-refractivity contribution in [1.82, 2.24) is 15.2 Å². The van der Waals surface area contributed by atoms with Gasteiger partial charge in [-0.2, -0.15) is 0 Å². The minimum absolute atomic E-state index is 0.627. The molecule has 2 unspecified atom stereocenters. The smallest absolute Gasteiger partial charge is 0.185 e. The van der Waals surface area contributed by atoms with Crippen molar-refractivity contribution in [3.8, 4) is 0 Å². The summed E-state index contributed by atoms with van der Waals surface area (Å²) in [7, 11) is 6.05. The Bertz CT molecular complexity index is 410. The van der Waals surface area contributed by atoms with Gasteiger partial charge < -0.3 is 19.9 Å². The maximum atomic E-state index is 5.02. The summed E-state index contributed by atoms with van der Waals surface area (Å²) in [5, 5.41) is 4.52. The molecule has 6 heteroatoms. The average Bonchev–Trinajstić information content (AvgIpc) is 3.01. The lowest BCUT2D eigenvalue weighted by atomic mass is 10.1. The molecule has 20 heavy (non-hydrogen) atoms. The van der Waals surface area contributed by atoms with E-state index in [1.165, 1.54) is 4.88 Å². The normalized spacial score (nSPS) is 22.9. The van der Waals surface area contributed by atoms with E-state index in [0.717, 1.165) is 37.9 Å². The molecule has 0 spiro atoms.